The summed E-state index contributed by atoms with van der Waals surface area (Å²) in [6.07, 6.45) is 4.86. The molecule has 1 aromatic carbocycles. The van der Waals surface area contributed by atoms with E-state index in [0.717, 1.165) is 31.2 Å². The van der Waals surface area contributed by atoms with Gasteiger partial charge in [0.2, 0.25) is 5.91 Å². The van der Waals surface area contributed by atoms with Crippen molar-refractivity contribution >= 4 is 11.9 Å². The van der Waals surface area contributed by atoms with E-state index in [9.17, 15) is 14.7 Å². The normalized spacial score (nSPS) is 26.8. The van der Waals surface area contributed by atoms with Crippen molar-refractivity contribution in [2.24, 2.45) is 11.3 Å². The molecule has 1 N–H and O–H groups in total. The quantitative estimate of drug-likeness (QED) is 0.912. The van der Waals surface area contributed by atoms with Crippen LogP contribution >= 0.6 is 0 Å². The molecule has 1 aromatic rings. The first-order valence-electron chi connectivity index (χ1n) is 9.23. The van der Waals surface area contributed by atoms with Gasteiger partial charge in [-0.1, -0.05) is 49.6 Å². The van der Waals surface area contributed by atoms with Crippen molar-refractivity contribution in [1.82, 2.24) is 9.80 Å². The third-order valence-corrected chi connectivity index (χ3v) is 5.95. The topological polar surface area (TPSA) is 60.9 Å². The number of β-amino-alcohol motifs (C(OH)–C–C–N with tert-alkyl or cyclic N) is 1. The summed E-state index contributed by atoms with van der Waals surface area (Å²) in [6, 6.07) is 9.04. The Labute approximate surface area is 149 Å². The Morgan fingerprint density at radius 2 is 1.80 bits per heavy atom. The number of aliphatic hydroxyl groups excluding tert-OH is 1. The third kappa shape index (κ3) is 3.43. The first kappa shape index (κ1) is 17.9. The molecule has 136 valence electrons. The molecule has 5 nitrogen and oxygen atoms in total. The highest BCUT2D eigenvalue weighted by molar-refractivity contribution is 5.99. The van der Waals surface area contributed by atoms with Gasteiger partial charge in [-0.05, 0) is 31.2 Å². The molecular formula is C20H28N2O3. The molecule has 0 spiro atoms. The number of hydrogen-bond acceptors (Lipinski definition) is 3. The molecule has 1 saturated heterocycles. The molecular weight excluding hydrogens is 316 g/mol. The van der Waals surface area contributed by atoms with E-state index in [1.54, 1.807) is 11.9 Å². The summed E-state index contributed by atoms with van der Waals surface area (Å²) in [4.78, 5) is 28.4. The first-order valence-corrected chi connectivity index (χ1v) is 9.23. The number of nitrogens with zero attached hydrogens (tertiary/aromatic N) is 2. The Hall–Kier alpha value is -1.88. The monoisotopic (exact) mass is 344 g/mol. The van der Waals surface area contributed by atoms with Crippen LogP contribution in [0.2, 0.25) is 0 Å². The fourth-order valence-electron chi connectivity index (χ4n) is 4.39. The van der Waals surface area contributed by atoms with E-state index in [2.05, 4.69) is 0 Å². The van der Waals surface area contributed by atoms with Gasteiger partial charge in [0.1, 0.15) is 0 Å². The average molecular weight is 344 g/mol. The van der Waals surface area contributed by atoms with E-state index in [1.165, 1.54) is 11.3 Å². The Bertz CT molecular complexity index is 627. The van der Waals surface area contributed by atoms with Gasteiger partial charge in [0.15, 0.2) is 0 Å². The highest BCUT2D eigenvalue weighted by atomic mass is 16.3. The van der Waals surface area contributed by atoms with Crippen LogP contribution in [-0.4, -0.2) is 47.0 Å². The predicted octanol–water partition coefficient (Wildman–Crippen LogP) is 3.20. The van der Waals surface area contributed by atoms with Gasteiger partial charge in [0.25, 0.3) is 0 Å². The number of hydrogen-bond donors (Lipinski definition) is 1. The molecule has 0 bridgehead atoms. The lowest BCUT2D eigenvalue weighted by Crippen LogP contribution is -2.62. The summed E-state index contributed by atoms with van der Waals surface area (Å²) in [5, 5.41) is 10.5. The van der Waals surface area contributed by atoms with Crippen LogP contribution in [0.5, 0.6) is 0 Å². The van der Waals surface area contributed by atoms with Crippen LogP contribution in [0.3, 0.4) is 0 Å². The van der Waals surface area contributed by atoms with E-state index in [1.807, 2.05) is 37.3 Å². The molecule has 2 aliphatic rings. The van der Waals surface area contributed by atoms with Crippen LogP contribution in [0.1, 0.15) is 50.7 Å². The van der Waals surface area contributed by atoms with Crippen LogP contribution in [0.4, 0.5) is 4.79 Å². The molecule has 3 rings (SSSR count). The van der Waals surface area contributed by atoms with Crippen molar-refractivity contribution in [3.8, 4) is 0 Å². The minimum atomic E-state index is -0.748. The molecule has 0 aromatic heterocycles. The molecule has 2 unspecified atom stereocenters. The van der Waals surface area contributed by atoms with Crippen LogP contribution in [-0.2, 0) is 4.79 Å². The Balaban J connectivity index is 1.79. The zero-order chi connectivity index (χ0) is 18.0. The molecule has 2 atom stereocenters. The van der Waals surface area contributed by atoms with Crippen LogP contribution in [0, 0.1) is 11.3 Å². The predicted molar refractivity (Wildman–Crippen MR) is 95.8 cm³/mol. The van der Waals surface area contributed by atoms with Gasteiger partial charge < -0.3 is 10.0 Å². The Morgan fingerprint density at radius 1 is 1.16 bits per heavy atom. The van der Waals surface area contributed by atoms with Crippen LogP contribution in [0.15, 0.2) is 30.3 Å². The lowest BCUT2D eigenvalue weighted by atomic mass is 9.68. The minimum absolute atomic E-state index is 0.0742. The number of carbonyl (C=O) groups excluding carboxylic acids is 2. The van der Waals surface area contributed by atoms with Gasteiger partial charge in [0.05, 0.1) is 18.1 Å². The van der Waals surface area contributed by atoms with Gasteiger partial charge in [-0.15, -0.1) is 0 Å². The summed E-state index contributed by atoms with van der Waals surface area (Å²) in [6.45, 7) is 2.60. The summed E-state index contributed by atoms with van der Waals surface area (Å²) in [5.74, 6) is 0.232. The maximum atomic E-state index is 12.9. The lowest BCUT2D eigenvalue weighted by Gasteiger charge is -2.48. The summed E-state index contributed by atoms with van der Waals surface area (Å²) < 4.78 is 0. The fourth-order valence-corrected chi connectivity index (χ4v) is 4.39. The van der Waals surface area contributed by atoms with E-state index < -0.39 is 11.5 Å². The molecule has 1 saturated carbocycles. The van der Waals surface area contributed by atoms with Crippen LogP contribution < -0.4 is 0 Å². The maximum Gasteiger partial charge on any atom is 0.326 e. The number of imide groups is 1. The van der Waals surface area contributed by atoms with Gasteiger partial charge in [0, 0.05) is 13.6 Å². The van der Waals surface area contributed by atoms with Crippen molar-refractivity contribution in [1.29, 1.82) is 0 Å². The largest absolute Gasteiger partial charge is 0.387 e. The second-order valence-corrected chi connectivity index (χ2v) is 7.71. The molecule has 0 radical (unpaired) electrons. The van der Waals surface area contributed by atoms with E-state index >= 15 is 0 Å². The van der Waals surface area contributed by atoms with Gasteiger partial charge >= 0.3 is 6.03 Å². The number of carbonyl (C=O) groups is 2. The Kier molecular flexibility index (Phi) is 5.13. The van der Waals surface area contributed by atoms with E-state index in [0.29, 0.717) is 12.5 Å². The van der Waals surface area contributed by atoms with E-state index in [-0.39, 0.29) is 18.5 Å². The zero-order valence-electron chi connectivity index (χ0n) is 15.1. The highest BCUT2D eigenvalue weighted by Crippen LogP contribution is 2.42. The van der Waals surface area contributed by atoms with Crippen molar-refractivity contribution < 1.29 is 14.7 Å². The molecule has 2 fully saturated rings. The lowest BCUT2D eigenvalue weighted by molar-refractivity contribution is -0.147. The number of rotatable bonds is 4. The smallest absolute Gasteiger partial charge is 0.326 e. The summed E-state index contributed by atoms with van der Waals surface area (Å²) in [7, 11) is 1.56. The minimum Gasteiger partial charge on any atom is -0.387 e. The van der Waals surface area contributed by atoms with Crippen molar-refractivity contribution in [2.75, 3.05) is 20.1 Å². The second-order valence-electron chi connectivity index (χ2n) is 7.71. The molecule has 1 heterocycles. The average Bonchev–Trinajstić information content (AvgIpc) is 2.65. The number of benzene rings is 1. The highest BCUT2D eigenvalue weighted by Gasteiger charge is 2.50. The Morgan fingerprint density at radius 3 is 2.44 bits per heavy atom. The summed E-state index contributed by atoms with van der Waals surface area (Å²) >= 11 is 0. The third-order valence-electron chi connectivity index (χ3n) is 5.95. The molecule has 5 heteroatoms. The van der Waals surface area contributed by atoms with Crippen molar-refractivity contribution in [3.05, 3.63) is 35.9 Å². The molecule has 25 heavy (non-hydrogen) atoms. The number of aliphatic hydroxyl groups is 1. The van der Waals surface area contributed by atoms with Crippen LogP contribution in [0.25, 0.3) is 0 Å². The first-order chi connectivity index (χ1) is 11.9. The second kappa shape index (κ2) is 7.16. The van der Waals surface area contributed by atoms with Gasteiger partial charge in [-0.3, -0.25) is 9.69 Å². The van der Waals surface area contributed by atoms with Gasteiger partial charge in [-0.25, -0.2) is 4.79 Å². The van der Waals surface area contributed by atoms with Gasteiger partial charge in [-0.2, -0.15) is 0 Å². The SMILES string of the molecule is CN1C(=O)N(CC(O)c2ccccc2)CC(C)(C2CCCCC2)C1=O. The molecule has 3 amide bonds. The van der Waals surface area contributed by atoms with E-state index in [4.69, 9.17) is 0 Å². The zero-order valence-corrected chi connectivity index (χ0v) is 15.1. The number of urea groups is 1. The fraction of sp³-hybridized carbons (Fsp3) is 0.600. The molecule has 1 aliphatic carbocycles. The standard InChI is InChI=1S/C20H28N2O3/c1-20(16-11-7-4-8-12-16)14-22(19(25)21(2)18(20)24)13-17(23)15-9-5-3-6-10-15/h3,5-6,9-10,16-17,23H,4,7-8,11-14H2,1-2H3. The van der Waals surface area contributed by atoms with Crippen molar-refractivity contribution in [2.45, 2.75) is 45.1 Å². The van der Waals surface area contributed by atoms with Crippen molar-refractivity contribution in [3.63, 3.8) is 0 Å². The summed E-state index contributed by atoms with van der Waals surface area (Å²) in [5.41, 5.74) is 0.230. The molecule has 1 aliphatic heterocycles. The maximum absolute atomic E-state index is 12.9. The number of amides is 3.